The van der Waals surface area contributed by atoms with E-state index in [4.69, 9.17) is 11.6 Å². The summed E-state index contributed by atoms with van der Waals surface area (Å²) in [5, 5.41) is 6.23. The van der Waals surface area contributed by atoms with E-state index in [9.17, 15) is 18.0 Å². The van der Waals surface area contributed by atoms with Crippen molar-refractivity contribution in [3.63, 3.8) is 0 Å². The Kier molecular flexibility index (Phi) is 6.56. The third kappa shape index (κ3) is 5.43. The number of amides is 1. The molecule has 3 N–H and O–H groups in total. The summed E-state index contributed by atoms with van der Waals surface area (Å²) in [5.74, 6) is 0.595. The number of H-pyrrole nitrogens is 1. The molecule has 2 aromatic carbocycles. The number of nitrogens with zero attached hydrogens (tertiary/aromatic N) is 1. The lowest BCUT2D eigenvalue weighted by Crippen LogP contribution is -2.38. The van der Waals surface area contributed by atoms with E-state index in [-0.39, 0.29) is 16.6 Å². The Balaban J connectivity index is 1.29. The van der Waals surface area contributed by atoms with Crippen LogP contribution < -0.4 is 10.6 Å². The maximum atomic E-state index is 13.0. The lowest BCUT2D eigenvalue weighted by atomic mass is 9.86. The third-order valence-electron chi connectivity index (χ3n) is 6.38. The number of rotatable bonds is 5. The van der Waals surface area contributed by atoms with Crippen LogP contribution in [0.3, 0.4) is 0 Å². The van der Waals surface area contributed by atoms with Crippen LogP contribution >= 0.6 is 11.6 Å². The molecule has 0 saturated heterocycles. The summed E-state index contributed by atoms with van der Waals surface area (Å²) in [6, 6.07) is 6.87. The summed E-state index contributed by atoms with van der Waals surface area (Å²) >= 11 is 5.98. The second kappa shape index (κ2) is 9.25. The van der Waals surface area contributed by atoms with Crippen molar-refractivity contribution >= 4 is 34.5 Å². The number of aromatic nitrogens is 2. The van der Waals surface area contributed by atoms with E-state index in [0.29, 0.717) is 5.92 Å². The number of imidazole rings is 1. The molecule has 0 radical (unpaired) electrons. The van der Waals surface area contributed by atoms with Gasteiger partial charge >= 0.3 is 6.18 Å². The lowest BCUT2D eigenvalue weighted by molar-refractivity contribution is -0.137. The highest BCUT2D eigenvalue weighted by Crippen LogP contribution is 2.32. The number of hydrogen-bond acceptors (Lipinski definition) is 3. The fraction of sp³-hybridized carbons (Fsp3) is 0.417. The van der Waals surface area contributed by atoms with Gasteiger partial charge in [-0.15, -0.1) is 0 Å². The minimum absolute atomic E-state index is 0.00890. The van der Waals surface area contributed by atoms with Crippen LogP contribution in [0.4, 0.5) is 19.1 Å². The Morgan fingerprint density at radius 1 is 1.12 bits per heavy atom. The van der Waals surface area contributed by atoms with Crippen molar-refractivity contribution in [2.45, 2.75) is 51.7 Å². The summed E-state index contributed by atoms with van der Waals surface area (Å²) in [4.78, 5) is 20.5. The molecule has 1 aliphatic carbocycles. The predicted octanol–water partition coefficient (Wildman–Crippen LogP) is 6.25. The highest BCUT2D eigenvalue weighted by molar-refractivity contribution is 6.33. The Morgan fingerprint density at radius 2 is 1.82 bits per heavy atom. The van der Waals surface area contributed by atoms with Crippen molar-refractivity contribution in [2.75, 3.05) is 11.9 Å². The molecule has 1 aromatic heterocycles. The second-order valence-electron chi connectivity index (χ2n) is 8.80. The molecule has 0 bridgehead atoms. The number of benzene rings is 2. The van der Waals surface area contributed by atoms with Crippen molar-refractivity contribution in [2.24, 2.45) is 5.92 Å². The van der Waals surface area contributed by atoms with Crippen LogP contribution in [0.15, 0.2) is 30.3 Å². The van der Waals surface area contributed by atoms with Crippen molar-refractivity contribution in [1.82, 2.24) is 15.3 Å². The van der Waals surface area contributed by atoms with Crippen LogP contribution in [0.2, 0.25) is 5.02 Å². The molecule has 3 aromatic rings. The first-order valence-electron chi connectivity index (χ1n) is 11.0. The van der Waals surface area contributed by atoms with E-state index in [1.807, 2.05) is 0 Å². The molecule has 33 heavy (non-hydrogen) atoms. The molecule has 0 atom stereocenters. The number of halogens is 4. The van der Waals surface area contributed by atoms with Crippen molar-refractivity contribution < 1.29 is 18.0 Å². The molecule has 9 heteroatoms. The first-order chi connectivity index (χ1) is 15.6. The number of nitrogens with one attached hydrogen (secondary N) is 3. The van der Waals surface area contributed by atoms with E-state index in [0.717, 1.165) is 67.4 Å². The maximum Gasteiger partial charge on any atom is 0.416 e. The van der Waals surface area contributed by atoms with Crippen LogP contribution in [-0.4, -0.2) is 28.5 Å². The molecule has 0 spiro atoms. The third-order valence-corrected chi connectivity index (χ3v) is 6.71. The quantitative estimate of drug-likeness (QED) is 0.406. The first kappa shape index (κ1) is 23.4. The standard InChI is InChI=1S/C24H26ClF3N4O/c1-13-9-20-21(10-14(13)2)32-23(31-20)29-12-15-3-6-17(7-4-15)30-22(33)18-11-16(24(26,27)28)5-8-19(18)25/h5,8-11,15,17H,3-4,6-7,12H2,1-2H3,(H,30,33)(H2,29,31,32). The van der Waals surface area contributed by atoms with Gasteiger partial charge in [0.2, 0.25) is 5.95 Å². The number of carbonyl (C=O) groups is 1. The summed E-state index contributed by atoms with van der Waals surface area (Å²) in [6.07, 6.45) is -1.22. The van der Waals surface area contributed by atoms with E-state index in [2.05, 4.69) is 46.6 Å². The smallest absolute Gasteiger partial charge is 0.356 e. The molecular formula is C24H26ClF3N4O. The number of hydrogen-bond donors (Lipinski definition) is 3. The Hall–Kier alpha value is -2.74. The summed E-state index contributed by atoms with van der Waals surface area (Å²) < 4.78 is 38.9. The summed E-state index contributed by atoms with van der Waals surface area (Å²) in [5.41, 5.74) is 3.31. The van der Waals surface area contributed by atoms with Crippen LogP contribution in [-0.2, 0) is 6.18 Å². The number of aryl methyl sites for hydroxylation is 2. The number of carbonyl (C=O) groups excluding carboxylic acids is 1. The molecule has 4 rings (SSSR count). The first-order valence-corrected chi connectivity index (χ1v) is 11.4. The average molecular weight is 479 g/mol. The average Bonchev–Trinajstić information content (AvgIpc) is 3.14. The molecule has 0 unspecified atom stereocenters. The van der Waals surface area contributed by atoms with Gasteiger partial charge in [-0.3, -0.25) is 4.79 Å². The van der Waals surface area contributed by atoms with Gasteiger partial charge in [0.25, 0.3) is 5.91 Å². The molecule has 1 aliphatic rings. The highest BCUT2D eigenvalue weighted by atomic mass is 35.5. The van der Waals surface area contributed by atoms with Gasteiger partial charge in [-0.25, -0.2) is 4.98 Å². The van der Waals surface area contributed by atoms with E-state index < -0.39 is 17.6 Å². The van der Waals surface area contributed by atoms with Gasteiger partial charge < -0.3 is 15.6 Å². The molecule has 1 heterocycles. The van der Waals surface area contributed by atoms with Crippen LogP contribution in [0.25, 0.3) is 11.0 Å². The SMILES string of the molecule is Cc1cc2nc(NCC3CCC(NC(=O)c4cc(C(F)(F)F)ccc4Cl)CC3)[nH]c2cc1C. The Labute approximate surface area is 195 Å². The maximum absolute atomic E-state index is 13.0. The molecule has 0 aliphatic heterocycles. The molecule has 5 nitrogen and oxygen atoms in total. The van der Waals surface area contributed by atoms with Gasteiger partial charge in [0.05, 0.1) is 27.2 Å². The van der Waals surface area contributed by atoms with Crippen molar-refractivity contribution in [3.8, 4) is 0 Å². The van der Waals surface area contributed by atoms with Gasteiger partial charge in [-0.2, -0.15) is 13.2 Å². The van der Waals surface area contributed by atoms with E-state index in [1.54, 1.807) is 0 Å². The Bertz CT molecular complexity index is 1130. The second-order valence-corrected chi connectivity index (χ2v) is 9.21. The van der Waals surface area contributed by atoms with Gasteiger partial charge in [-0.05, 0) is 86.9 Å². The van der Waals surface area contributed by atoms with Gasteiger partial charge in [0.15, 0.2) is 0 Å². The Morgan fingerprint density at radius 3 is 2.52 bits per heavy atom. The molecule has 1 amide bonds. The van der Waals surface area contributed by atoms with Crippen molar-refractivity contribution in [3.05, 3.63) is 57.6 Å². The van der Waals surface area contributed by atoms with E-state index in [1.165, 1.54) is 11.1 Å². The minimum Gasteiger partial charge on any atom is -0.356 e. The fourth-order valence-corrected chi connectivity index (χ4v) is 4.45. The summed E-state index contributed by atoms with van der Waals surface area (Å²) in [7, 11) is 0. The number of fused-ring (bicyclic) bond motifs is 1. The van der Waals surface area contributed by atoms with Crippen LogP contribution in [0, 0.1) is 19.8 Å². The van der Waals surface area contributed by atoms with E-state index >= 15 is 0 Å². The molecule has 1 saturated carbocycles. The number of aromatic amines is 1. The van der Waals surface area contributed by atoms with Crippen LogP contribution in [0.5, 0.6) is 0 Å². The minimum atomic E-state index is -4.53. The number of alkyl halides is 3. The largest absolute Gasteiger partial charge is 0.416 e. The van der Waals surface area contributed by atoms with Crippen molar-refractivity contribution in [1.29, 1.82) is 0 Å². The predicted molar refractivity (Wildman–Crippen MR) is 124 cm³/mol. The van der Waals surface area contributed by atoms with Gasteiger partial charge in [0.1, 0.15) is 0 Å². The van der Waals surface area contributed by atoms with Crippen LogP contribution in [0.1, 0.15) is 52.7 Å². The zero-order valence-corrected chi connectivity index (χ0v) is 19.2. The monoisotopic (exact) mass is 478 g/mol. The van der Waals surface area contributed by atoms with Gasteiger partial charge in [-0.1, -0.05) is 11.6 Å². The molecular weight excluding hydrogens is 453 g/mol. The zero-order chi connectivity index (χ0) is 23.8. The molecule has 1 fully saturated rings. The molecule has 176 valence electrons. The summed E-state index contributed by atoms with van der Waals surface area (Å²) in [6.45, 7) is 4.90. The van der Waals surface area contributed by atoms with Gasteiger partial charge in [0, 0.05) is 12.6 Å². The topological polar surface area (TPSA) is 69.8 Å². The lowest BCUT2D eigenvalue weighted by Gasteiger charge is -2.29. The normalized spacial score (nSPS) is 19.0. The number of anilines is 1. The fourth-order valence-electron chi connectivity index (χ4n) is 4.24. The zero-order valence-electron chi connectivity index (χ0n) is 18.4. The highest BCUT2D eigenvalue weighted by Gasteiger charge is 2.32.